The zero-order chi connectivity index (χ0) is 11.8. The van der Waals surface area contributed by atoms with Crippen LogP contribution < -0.4 is 0 Å². The number of halogens is 2. The second kappa shape index (κ2) is 4.38. The van der Waals surface area contributed by atoms with Crippen molar-refractivity contribution in [2.75, 3.05) is 6.61 Å². The molecule has 17 heavy (non-hydrogen) atoms. The summed E-state index contributed by atoms with van der Waals surface area (Å²) in [5.41, 5.74) is 0.789. The first kappa shape index (κ1) is 11.2. The summed E-state index contributed by atoms with van der Waals surface area (Å²) in [5.74, 6) is -0.260. The van der Waals surface area contributed by atoms with Crippen molar-refractivity contribution < 1.29 is 9.13 Å². The van der Waals surface area contributed by atoms with Crippen molar-refractivity contribution in [2.45, 2.75) is 25.5 Å². The third-order valence-electron chi connectivity index (χ3n) is 3.10. The number of fused-ring (bicyclic) bond motifs is 1. The van der Waals surface area contributed by atoms with Crippen LogP contribution in [0.2, 0.25) is 0 Å². The minimum absolute atomic E-state index is 0.0539. The van der Waals surface area contributed by atoms with Gasteiger partial charge in [-0.05, 0) is 47.3 Å². The van der Waals surface area contributed by atoms with E-state index in [1.54, 1.807) is 16.9 Å². The maximum absolute atomic E-state index is 13.8. The van der Waals surface area contributed by atoms with Gasteiger partial charge in [-0.25, -0.2) is 9.07 Å². The summed E-state index contributed by atoms with van der Waals surface area (Å²) in [6.45, 7) is 0.755. The van der Waals surface area contributed by atoms with E-state index in [9.17, 15) is 4.39 Å². The second-order valence-electron chi connectivity index (χ2n) is 4.20. The van der Waals surface area contributed by atoms with Crippen LogP contribution in [0.3, 0.4) is 0 Å². The monoisotopic (exact) mass is 298 g/mol. The summed E-state index contributed by atoms with van der Waals surface area (Å²) < 4.78 is 21.8. The minimum atomic E-state index is -0.260. The number of nitrogens with zero attached hydrogens (tertiary/aromatic N) is 2. The standard InChI is InChI=1S/C12H12BrFN2O/c13-9-4-5-10-8(12(9)14)7-15-16(10)11-3-1-2-6-17-11/h4-5,7,11H,1-3,6H2/t11-/m0/s1. The number of hydrogen-bond acceptors (Lipinski definition) is 2. The lowest BCUT2D eigenvalue weighted by atomic mass is 10.2. The van der Waals surface area contributed by atoms with E-state index in [1.165, 1.54) is 0 Å². The molecule has 0 aliphatic carbocycles. The van der Waals surface area contributed by atoms with Crippen LogP contribution in [-0.2, 0) is 4.74 Å². The largest absolute Gasteiger partial charge is 0.356 e. The first-order chi connectivity index (χ1) is 8.27. The normalized spacial score (nSPS) is 20.9. The Balaban J connectivity index is 2.08. The maximum atomic E-state index is 13.8. The van der Waals surface area contributed by atoms with E-state index >= 15 is 0 Å². The Morgan fingerprint density at radius 1 is 1.41 bits per heavy atom. The Labute approximate surface area is 107 Å². The molecular weight excluding hydrogens is 287 g/mol. The van der Waals surface area contributed by atoms with Gasteiger partial charge < -0.3 is 4.74 Å². The van der Waals surface area contributed by atoms with Gasteiger partial charge in [0.15, 0.2) is 6.23 Å². The third kappa shape index (κ3) is 1.87. The van der Waals surface area contributed by atoms with Gasteiger partial charge >= 0.3 is 0 Å². The molecule has 1 fully saturated rings. The van der Waals surface area contributed by atoms with Gasteiger partial charge in [0.25, 0.3) is 0 Å². The lowest BCUT2D eigenvalue weighted by molar-refractivity contribution is -0.0366. The van der Waals surface area contributed by atoms with Crippen LogP contribution in [0.1, 0.15) is 25.5 Å². The number of ether oxygens (including phenoxy) is 1. The van der Waals surface area contributed by atoms with Crippen molar-refractivity contribution in [3.63, 3.8) is 0 Å². The molecule has 1 atom stereocenters. The number of rotatable bonds is 1. The van der Waals surface area contributed by atoms with E-state index in [4.69, 9.17) is 4.74 Å². The Morgan fingerprint density at radius 2 is 2.29 bits per heavy atom. The molecule has 0 unspecified atom stereocenters. The van der Waals surface area contributed by atoms with Crippen LogP contribution in [0.15, 0.2) is 22.8 Å². The Morgan fingerprint density at radius 3 is 3.06 bits per heavy atom. The smallest absolute Gasteiger partial charge is 0.150 e. The molecule has 90 valence electrons. The average Bonchev–Trinajstić information content (AvgIpc) is 2.79. The van der Waals surface area contributed by atoms with E-state index in [2.05, 4.69) is 21.0 Å². The molecule has 1 aromatic heterocycles. The fourth-order valence-corrected chi connectivity index (χ4v) is 2.55. The summed E-state index contributed by atoms with van der Waals surface area (Å²) in [7, 11) is 0. The molecule has 2 aromatic rings. The van der Waals surface area contributed by atoms with Crippen LogP contribution in [0.4, 0.5) is 4.39 Å². The SMILES string of the molecule is Fc1c(Br)ccc2c1cnn2[C@@H]1CCCCO1. The Bertz CT molecular complexity index is 549. The molecule has 5 heteroatoms. The molecule has 1 aromatic carbocycles. The maximum Gasteiger partial charge on any atom is 0.150 e. The molecule has 0 spiro atoms. The van der Waals surface area contributed by atoms with Crippen LogP contribution in [0.5, 0.6) is 0 Å². The number of benzene rings is 1. The molecule has 1 aliphatic heterocycles. The van der Waals surface area contributed by atoms with Gasteiger partial charge in [0, 0.05) is 6.61 Å². The van der Waals surface area contributed by atoms with E-state index < -0.39 is 0 Å². The van der Waals surface area contributed by atoms with Gasteiger partial charge in [0.1, 0.15) is 5.82 Å². The van der Waals surface area contributed by atoms with E-state index in [-0.39, 0.29) is 12.0 Å². The lowest BCUT2D eigenvalue weighted by Gasteiger charge is -2.23. The average molecular weight is 299 g/mol. The second-order valence-corrected chi connectivity index (χ2v) is 5.06. The van der Waals surface area contributed by atoms with Crippen LogP contribution in [0, 0.1) is 5.82 Å². The molecule has 0 N–H and O–H groups in total. The highest BCUT2D eigenvalue weighted by Crippen LogP contribution is 2.29. The van der Waals surface area contributed by atoms with Crippen LogP contribution in [0.25, 0.3) is 10.9 Å². The molecule has 0 bridgehead atoms. The fraction of sp³-hybridized carbons (Fsp3) is 0.417. The molecular formula is C12H12BrFN2O. The minimum Gasteiger partial charge on any atom is -0.356 e. The van der Waals surface area contributed by atoms with Crippen LogP contribution in [-0.4, -0.2) is 16.4 Å². The van der Waals surface area contributed by atoms with Crippen molar-refractivity contribution in [3.8, 4) is 0 Å². The van der Waals surface area contributed by atoms with E-state index in [1.807, 2.05) is 6.07 Å². The predicted octanol–water partition coefficient (Wildman–Crippen LogP) is 3.64. The molecule has 0 radical (unpaired) electrons. The van der Waals surface area contributed by atoms with Crippen molar-refractivity contribution in [1.82, 2.24) is 9.78 Å². The molecule has 0 amide bonds. The van der Waals surface area contributed by atoms with E-state index in [0.717, 1.165) is 31.4 Å². The quantitative estimate of drug-likeness (QED) is 0.804. The highest BCUT2D eigenvalue weighted by molar-refractivity contribution is 9.10. The molecule has 1 saturated heterocycles. The lowest BCUT2D eigenvalue weighted by Crippen LogP contribution is -2.18. The summed E-state index contributed by atoms with van der Waals surface area (Å²) in [4.78, 5) is 0. The summed E-state index contributed by atoms with van der Waals surface area (Å²) in [6.07, 6.45) is 4.67. The Kier molecular flexibility index (Phi) is 2.88. The molecule has 3 nitrogen and oxygen atoms in total. The Hall–Kier alpha value is -0.940. The van der Waals surface area contributed by atoms with Gasteiger partial charge in [-0.3, -0.25) is 0 Å². The first-order valence-electron chi connectivity index (χ1n) is 5.70. The third-order valence-corrected chi connectivity index (χ3v) is 3.71. The molecule has 0 saturated carbocycles. The van der Waals surface area contributed by atoms with E-state index in [0.29, 0.717) is 9.86 Å². The number of hydrogen-bond donors (Lipinski definition) is 0. The van der Waals surface area contributed by atoms with Crippen LogP contribution >= 0.6 is 15.9 Å². The van der Waals surface area contributed by atoms with Crippen molar-refractivity contribution in [1.29, 1.82) is 0 Å². The molecule has 1 aliphatic rings. The summed E-state index contributed by atoms with van der Waals surface area (Å²) >= 11 is 3.18. The zero-order valence-corrected chi connectivity index (χ0v) is 10.8. The van der Waals surface area contributed by atoms with Gasteiger partial charge in [0.2, 0.25) is 0 Å². The van der Waals surface area contributed by atoms with Crippen molar-refractivity contribution in [3.05, 3.63) is 28.6 Å². The van der Waals surface area contributed by atoms with Gasteiger partial charge in [0.05, 0.1) is 21.6 Å². The highest BCUT2D eigenvalue weighted by Gasteiger charge is 2.19. The zero-order valence-electron chi connectivity index (χ0n) is 9.20. The topological polar surface area (TPSA) is 27.1 Å². The summed E-state index contributed by atoms with van der Waals surface area (Å²) in [6, 6.07) is 3.58. The van der Waals surface area contributed by atoms with Crippen molar-refractivity contribution >= 4 is 26.8 Å². The van der Waals surface area contributed by atoms with Crippen molar-refractivity contribution in [2.24, 2.45) is 0 Å². The number of aromatic nitrogens is 2. The molecule has 3 rings (SSSR count). The predicted molar refractivity (Wildman–Crippen MR) is 66.2 cm³/mol. The fourth-order valence-electron chi connectivity index (χ4n) is 2.21. The molecule has 2 heterocycles. The van der Waals surface area contributed by atoms with Gasteiger partial charge in [-0.1, -0.05) is 0 Å². The highest BCUT2D eigenvalue weighted by atomic mass is 79.9. The first-order valence-corrected chi connectivity index (χ1v) is 6.49. The summed E-state index contributed by atoms with van der Waals surface area (Å²) in [5, 5.41) is 4.79. The van der Waals surface area contributed by atoms with Gasteiger partial charge in [-0.2, -0.15) is 5.10 Å². The van der Waals surface area contributed by atoms with Gasteiger partial charge in [-0.15, -0.1) is 0 Å².